The lowest BCUT2D eigenvalue weighted by Crippen LogP contribution is -1.87. The number of thioether (sulfide) groups is 1. The molecule has 0 radical (unpaired) electrons. The highest BCUT2D eigenvalue weighted by atomic mass is 32.2. The molecule has 0 aliphatic heterocycles. The second-order valence-electron chi connectivity index (χ2n) is 2.23. The summed E-state index contributed by atoms with van der Waals surface area (Å²) in [5.41, 5.74) is 0. The standard InChI is InChI=1S/C9H11FOS/c1-3-12-9-6-7(10)4-5-8(9)11-2/h4-6H,3H2,1-2H3. The maximum Gasteiger partial charge on any atom is 0.132 e. The first-order chi connectivity index (χ1) is 5.77. The smallest absolute Gasteiger partial charge is 0.132 e. The molecule has 1 aromatic rings. The molecular formula is C9H11FOS. The van der Waals surface area contributed by atoms with Gasteiger partial charge in [0.05, 0.1) is 12.0 Å². The molecule has 0 aliphatic carbocycles. The van der Waals surface area contributed by atoms with E-state index < -0.39 is 0 Å². The second kappa shape index (κ2) is 4.36. The van der Waals surface area contributed by atoms with Crippen LogP contribution in [0.4, 0.5) is 4.39 Å². The third-order valence-electron chi connectivity index (χ3n) is 1.43. The predicted octanol–water partition coefficient (Wildman–Crippen LogP) is 2.95. The van der Waals surface area contributed by atoms with Gasteiger partial charge < -0.3 is 4.74 Å². The quantitative estimate of drug-likeness (QED) is 0.671. The summed E-state index contributed by atoms with van der Waals surface area (Å²) >= 11 is 1.58. The van der Waals surface area contributed by atoms with E-state index in [0.29, 0.717) is 0 Å². The van der Waals surface area contributed by atoms with Crippen molar-refractivity contribution < 1.29 is 9.13 Å². The largest absolute Gasteiger partial charge is 0.496 e. The van der Waals surface area contributed by atoms with Gasteiger partial charge in [-0.05, 0) is 24.0 Å². The Balaban J connectivity index is 2.95. The normalized spacial score (nSPS) is 9.92. The highest BCUT2D eigenvalue weighted by Gasteiger charge is 2.03. The Morgan fingerprint density at radius 1 is 1.50 bits per heavy atom. The van der Waals surface area contributed by atoms with E-state index in [1.54, 1.807) is 24.9 Å². The number of halogens is 1. The molecule has 1 nitrogen and oxygen atoms in total. The van der Waals surface area contributed by atoms with Gasteiger partial charge in [-0.25, -0.2) is 4.39 Å². The number of benzene rings is 1. The molecule has 0 aliphatic rings. The number of ether oxygens (including phenoxy) is 1. The van der Waals surface area contributed by atoms with Crippen LogP contribution in [0.15, 0.2) is 23.1 Å². The maximum atomic E-state index is 12.7. The van der Waals surface area contributed by atoms with Crippen LogP contribution in [0.2, 0.25) is 0 Å². The maximum absolute atomic E-state index is 12.7. The van der Waals surface area contributed by atoms with Gasteiger partial charge in [-0.2, -0.15) is 0 Å². The van der Waals surface area contributed by atoms with Gasteiger partial charge in [0.1, 0.15) is 11.6 Å². The molecule has 0 saturated heterocycles. The molecule has 3 heteroatoms. The van der Waals surface area contributed by atoms with Gasteiger partial charge >= 0.3 is 0 Å². The van der Waals surface area contributed by atoms with Gasteiger partial charge in [-0.1, -0.05) is 6.92 Å². The number of hydrogen-bond donors (Lipinski definition) is 0. The van der Waals surface area contributed by atoms with Crippen molar-refractivity contribution in [2.45, 2.75) is 11.8 Å². The zero-order valence-corrected chi connectivity index (χ0v) is 7.95. The van der Waals surface area contributed by atoms with Crippen molar-refractivity contribution in [1.29, 1.82) is 0 Å². The van der Waals surface area contributed by atoms with E-state index in [4.69, 9.17) is 4.74 Å². The molecule has 0 spiro atoms. The first kappa shape index (κ1) is 9.39. The van der Waals surface area contributed by atoms with Gasteiger partial charge in [-0.15, -0.1) is 11.8 Å². The molecule has 0 N–H and O–H groups in total. The zero-order chi connectivity index (χ0) is 8.97. The summed E-state index contributed by atoms with van der Waals surface area (Å²) in [7, 11) is 1.59. The zero-order valence-electron chi connectivity index (χ0n) is 7.13. The number of rotatable bonds is 3. The van der Waals surface area contributed by atoms with Crippen LogP contribution < -0.4 is 4.74 Å². The Morgan fingerprint density at radius 3 is 2.83 bits per heavy atom. The fourth-order valence-electron chi connectivity index (χ4n) is 0.919. The average Bonchev–Trinajstić information content (AvgIpc) is 2.05. The van der Waals surface area contributed by atoms with E-state index in [2.05, 4.69) is 0 Å². The molecule has 0 unspecified atom stereocenters. The van der Waals surface area contributed by atoms with Crippen molar-refractivity contribution >= 4 is 11.8 Å². The predicted molar refractivity (Wildman–Crippen MR) is 49.4 cm³/mol. The summed E-state index contributed by atoms with van der Waals surface area (Å²) in [6.07, 6.45) is 0. The summed E-state index contributed by atoms with van der Waals surface area (Å²) in [5.74, 6) is 1.44. The van der Waals surface area contributed by atoms with Gasteiger partial charge in [0.25, 0.3) is 0 Å². The Labute approximate surface area is 75.9 Å². The lowest BCUT2D eigenvalue weighted by molar-refractivity contribution is 0.403. The molecule has 0 amide bonds. The molecule has 0 fully saturated rings. The van der Waals surface area contributed by atoms with E-state index in [1.165, 1.54) is 12.1 Å². The molecule has 12 heavy (non-hydrogen) atoms. The summed E-state index contributed by atoms with van der Waals surface area (Å²) in [5, 5.41) is 0. The summed E-state index contributed by atoms with van der Waals surface area (Å²) in [4.78, 5) is 0.861. The lowest BCUT2D eigenvalue weighted by atomic mass is 10.3. The Kier molecular flexibility index (Phi) is 3.41. The Bertz CT molecular complexity index is 263. The van der Waals surface area contributed by atoms with E-state index in [-0.39, 0.29) is 5.82 Å². The molecule has 0 heterocycles. The molecule has 0 bridgehead atoms. The first-order valence-corrected chi connectivity index (χ1v) is 4.72. The molecular weight excluding hydrogens is 175 g/mol. The van der Waals surface area contributed by atoms with Crippen LogP contribution in [0.1, 0.15) is 6.92 Å². The van der Waals surface area contributed by atoms with Crippen LogP contribution in [0, 0.1) is 5.82 Å². The van der Waals surface area contributed by atoms with Crippen molar-refractivity contribution in [3.63, 3.8) is 0 Å². The first-order valence-electron chi connectivity index (χ1n) is 3.74. The van der Waals surface area contributed by atoms with Crippen LogP contribution in [-0.4, -0.2) is 12.9 Å². The minimum atomic E-state index is -0.216. The van der Waals surface area contributed by atoms with E-state index in [9.17, 15) is 4.39 Å². The molecule has 0 atom stereocenters. The fourth-order valence-corrected chi connectivity index (χ4v) is 1.72. The van der Waals surface area contributed by atoms with E-state index in [1.807, 2.05) is 6.92 Å². The summed E-state index contributed by atoms with van der Waals surface area (Å²) in [6, 6.07) is 4.54. The summed E-state index contributed by atoms with van der Waals surface area (Å²) < 4.78 is 17.8. The highest BCUT2D eigenvalue weighted by Crippen LogP contribution is 2.29. The van der Waals surface area contributed by atoms with E-state index in [0.717, 1.165) is 16.4 Å². The third kappa shape index (κ3) is 2.14. The third-order valence-corrected chi connectivity index (χ3v) is 2.34. The highest BCUT2D eigenvalue weighted by molar-refractivity contribution is 7.99. The fraction of sp³-hybridized carbons (Fsp3) is 0.333. The number of hydrogen-bond acceptors (Lipinski definition) is 2. The lowest BCUT2D eigenvalue weighted by Gasteiger charge is -2.05. The van der Waals surface area contributed by atoms with Crippen LogP contribution >= 0.6 is 11.8 Å². The molecule has 1 rings (SSSR count). The van der Waals surface area contributed by atoms with Crippen LogP contribution in [0.25, 0.3) is 0 Å². The minimum absolute atomic E-state index is 0.216. The van der Waals surface area contributed by atoms with Crippen molar-refractivity contribution in [3.05, 3.63) is 24.0 Å². The minimum Gasteiger partial charge on any atom is -0.496 e. The second-order valence-corrected chi connectivity index (χ2v) is 3.53. The van der Waals surface area contributed by atoms with Crippen LogP contribution in [0.3, 0.4) is 0 Å². The topological polar surface area (TPSA) is 9.23 Å². The van der Waals surface area contributed by atoms with Crippen molar-refractivity contribution in [2.24, 2.45) is 0 Å². The van der Waals surface area contributed by atoms with E-state index >= 15 is 0 Å². The van der Waals surface area contributed by atoms with Crippen LogP contribution in [0.5, 0.6) is 5.75 Å². The molecule has 1 aromatic carbocycles. The average molecular weight is 186 g/mol. The van der Waals surface area contributed by atoms with Crippen LogP contribution in [-0.2, 0) is 0 Å². The SMILES string of the molecule is CCSc1cc(F)ccc1OC. The van der Waals surface area contributed by atoms with Gasteiger partial charge in [0.2, 0.25) is 0 Å². The molecule has 66 valence electrons. The molecule has 0 saturated carbocycles. The van der Waals surface area contributed by atoms with Gasteiger partial charge in [0.15, 0.2) is 0 Å². The summed E-state index contributed by atoms with van der Waals surface area (Å²) in [6.45, 7) is 2.02. The molecule has 0 aromatic heterocycles. The van der Waals surface area contributed by atoms with Crippen molar-refractivity contribution in [3.8, 4) is 5.75 Å². The monoisotopic (exact) mass is 186 g/mol. The number of methoxy groups -OCH3 is 1. The Morgan fingerprint density at radius 2 is 2.25 bits per heavy atom. The van der Waals surface area contributed by atoms with Gasteiger partial charge in [0, 0.05) is 0 Å². The van der Waals surface area contributed by atoms with Crippen molar-refractivity contribution in [1.82, 2.24) is 0 Å². The Hall–Kier alpha value is -0.700. The van der Waals surface area contributed by atoms with Crippen molar-refractivity contribution in [2.75, 3.05) is 12.9 Å². The van der Waals surface area contributed by atoms with Gasteiger partial charge in [-0.3, -0.25) is 0 Å².